The molecule has 2 rings (SSSR count). The summed E-state index contributed by atoms with van der Waals surface area (Å²) in [5, 5.41) is 3.06. The molecule has 1 amide bonds. The fourth-order valence-electron chi connectivity index (χ4n) is 2.14. The highest BCUT2D eigenvalue weighted by Gasteiger charge is 2.14. The minimum atomic E-state index is -0.443. The lowest BCUT2D eigenvalue weighted by atomic mass is 10.0. The number of ether oxygens (including phenoxy) is 1. The molecule has 0 fully saturated rings. The van der Waals surface area contributed by atoms with Crippen molar-refractivity contribution in [1.29, 1.82) is 0 Å². The van der Waals surface area contributed by atoms with Crippen LogP contribution in [0.25, 0.3) is 0 Å². The molecule has 0 aromatic heterocycles. The maximum Gasteiger partial charge on any atom is 0.338 e. The van der Waals surface area contributed by atoms with Crippen molar-refractivity contribution in [3.8, 4) is 0 Å². The van der Waals surface area contributed by atoms with Gasteiger partial charge in [0.1, 0.15) is 0 Å². The SMILES string of the molecule is CCOC(=O)c1ccc(NC(=O)c2cccc(C)c2C)c(Cl)c1. The standard InChI is InChI=1S/C18H18ClNO3/c1-4-23-18(22)13-8-9-16(15(19)10-13)20-17(21)14-7-5-6-11(2)12(14)3/h5-10H,4H2,1-3H3,(H,20,21). The second-order valence-corrected chi connectivity index (χ2v) is 5.52. The van der Waals surface area contributed by atoms with Gasteiger partial charge in [0, 0.05) is 5.56 Å². The molecule has 2 aromatic carbocycles. The first-order valence-electron chi connectivity index (χ1n) is 7.28. The first kappa shape index (κ1) is 17.0. The number of amides is 1. The number of hydrogen-bond acceptors (Lipinski definition) is 3. The number of carbonyl (C=O) groups excluding carboxylic acids is 2. The van der Waals surface area contributed by atoms with Crippen LogP contribution >= 0.6 is 11.6 Å². The zero-order valence-electron chi connectivity index (χ0n) is 13.3. The maximum absolute atomic E-state index is 12.4. The minimum Gasteiger partial charge on any atom is -0.462 e. The number of nitrogens with one attached hydrogen (secondary N) is 1. The van der Waals surface area contributed by atoms with Gasteiger partial charge in [0.25, 0.3) is 5.91 Å². The lowest BCUT2D eigenvalue weighted by Crippen LogP contribution is -2.14. The number of carbonyl (C=O) groups is 2. The summed E-state index contributed by atoms with van der Waals surface area (Å²) >= 11 is 6.15. The van der Waals surface area contributed by atoms with Crippen LogP contribution in [0, 0.1) is 13.8 Å². The van der Waals surface area contributed by atoms with Crippen LogP contribution in [0.15, 0.2) is 36.4 Å². The molecule has 4 nitrogen and oxygen atoms in total. The number of esters is 1. The molecular weight excluding hydrogens is 314 g/mol. The third kappa shape index (κ3) is 3.90. The zero-order valence-corrected chi connectivity index (χ0v) is 14.0. The van der Waals surface area contributed by atoms with Crippen molar-refractivity contribution in [1.82, 2.24) is 0 Å². The van der Waals surface area contributed by atoms with Gasteiger partial charge >= 0.3 is 5.97 Å². The Morgan fingerprint density at radius 2 is 1.91 bits per heavy atom. The van der Waals surface area contributed by atoms with Gasteiger partial charge in [-0.3, -0.25) is 4.79 Å². The molecule has 0 aliphatic heterocycles. The Morgan fingerprint density at radius 3 is 2.57 bits per heavy atom. The number of aryl methyl sites for hydroxylation is 1. The summed E-state index contributed by atoms with van der Waals surface area (Å²) in [7, 11) is 0. The first-order chi connectivity index (χ1) is 10.9. The third-order valence-corrected chi connectivity index (χ3v) is 3.89. The Labute approximate surface area is 140 Å². The van der Waals surface area contributed by atoms with Crippen molar-refractivity contribution in [3.63, 3.8) is 0 Å². The lowest BCUT2D eigenvalue weighted by Gasteiger charge is -2.11. The number of benzene rings is 2. The summed E-state index contributed by atoms with van der Waals surface area (Å²) in [6.07, 6.45) is 0. The van der Waals surface area contributed by atoms with E-state index < -0.39 is 5.97 Å². The van der Waals surface area contributed by atoms with Gasteiger partial charge in [0.15, 0.2) is 0 Å². The Bertz CT molecular complexity index is 756. The van der Waals surface area contributed by atoms with Crippen LogP contribution in [-0.4, -0.2) is 18.5 Å². The van der Waals surface area contributed by atoms with E-state index in [0.717, 1.165) is 11.1 Å². The molecule has 0 saturated carbocycles. The average molecular weight is 332 g/mol. The van der Waals surface area contributed by atoms with Crippen LogP contribution in [0.3, 0.4) is 0 Å². The zero-order chi connectivity index (χ0) is 17.0. The minimum absolute atomic E-state index is 0.239. The Hall–Kier alpha value is -2.33. The van der Waals surface area contributed by atoms with E-state index in [1.807, 2.05) is 26.0 Å². The fraction of sp³-hybridized carbons (Fsp3) is 0.222. The van der Waals surface area contributed by atoms with E-state index in [0.29, 0.717) is 23.4 Å². The molecule has 120 valence electrons. The number of rotatable bonds is 4. The van der Waals surface area contributed by atoms with Crippen molar-refractivity contribution in [2.75, 3.05) is 11.9 Å². The fourth-order valence-corrected chi connectivity index (χ4v) is 2.37. The van der Waals surface area contributed by atoms with E-state index in [1.165, 1.54) is 6.07 Å². The number of hydrogen-bond donors (Lipinski definition) is 1. The van der Waals surface area contributed by atoms with Gasteiger partial charge < -0.3 is 10.1 Å². The molecule has 0 heterocycles. The van der Waals surface area contributed by atoms with Gasteiger partial charge in [-0.2, -0.15) is 0 Å². The van der Waals surface area contributed by atoms with Crippen molar-refractivity contribution >= 4 is 29.2 Å². The molecule has 23 heavy (non-hydrogen) atoms. The molecular formula is C18H18ClNO3. The van der Waals surface area contributed by atoms with Crippen molar-refractivity contribution < 1.29 is 14.3 Å². The van der Waals surface area contributed by atoms with E-state index in [2.05, 4.69) is 5.32 Å². The van der Waals surface area contributed by atoms with Crippen LogP contribution in [0.1, 0.15) is 38.8 Å². The van der Waals surface area contributed by atoms with Gasteiger partial charge in [-0.05, 0) is 56.2 Å². The van der Waals surface area contributed by atoms with Crippen LogP contribution in [-0.2, 0) is 4.74 Å². The van der Waals surface area contributed by atoms with Gasteiger partial charge in [-0.25, -0.2) is 4.79 Å². The van der Waals surface area contributed by atoms with Crippen molar-refractivity contribution in [2.24, 2.45) is 0 Å². The second-order valence-electron chi connectivity index (χ2n) is 5.12. The predicted octanol–water partition coefficient (Wildman–Crippen LogP) is 4.39. The largest absolute Gasteiger partial charge is 0.462 e. The van der Waals surface area contributed by atoms with Crippen LogP contribution < -0.4 is 5.32 Å². The number of anilines is 1. The third-order valence-electron chi connectivity index (χ3n) is 3.58. The Kier molecular flexibility index (Phi) is 5.40. The van der Waals surface area contributed by atoms with Crippen LogP contribution in [0.2, 0.25) is 5.02 Å². The highest BCUT2D eigenvalue weighted by Crippen LogP contribution is 2.25. The average Bonchev–Trinajstić information content (AvgIpc) is 2.52. The summed E-state index contributed by atoms with van der Waals surface area (Å²) in [5.41, 5.74) is 3.36. The molecule has 0 bridgehead atoms. The Balaban J connectivity index is 2.22. The van der Waals surface area contributed by atoms with Gasteiger partial charge in [0.05, 0.1) is 22.9 Å². The molecule has 0 atom stereocenters. The van der Waals surface area contributed by atoms with E-state index in [9.17, 15) is 9.59 Å². The van der Waals surface area contributed by atoms with E-state index in [1.54, 1.807) is 25.1 Å². The lowest BCUT2D eigenvalue weighted by molar-refractivity contribution is 0.0526. The van der Waals surface area contributed by atoms with E-state index in [-0.39, 0.29) is 10.9 Å². The highest BCUT2D eigenvalue weighted by molar-refractivity contribution is 6.34. The quantitative estimate of drug-likeness (QED) is 0.845. The highest BCUT2D eigenvalue weighted by atomic mass is 35.5. The van der Waals surface area contributed by atoms with Crippen molar-refractivity contribution in [2.45, 2.75) is 20.8 Å². The molecule has 0 aliphatic rings. The summed E-state index contributed by atoms with van der Waals surface area (Å²) in [6, 6.07) is 10.2. The normalized spacial score (nSPS) is 10.3. The second kappa shape index (κ2) is 7.29. The molecule has 0 aliphatic carbocycles. The summed E-state index contributed by atoms with van der Waals surface area (Å²) in [5.74, 6) is -0.682. The van der Waals surface area contributed by atoms with Crippen LogP contribution in [0.4, 0.5) is 5.69 Å². The Morgan fingerprint density at radius 1 is 1.17 bits per heavy atom. The summed E-state index contributed by atoms with van der Waals surface area (Å²) in [6.45, 7) is 5.88. The first-order valence-corrected chi connectivity index (χ1v) is 7.66. The predicted molar refractivity (Wildman–Crippen MR) is 91.3 cm³/mol. The molecule has 0 spiro atoms. The molecule has 0 unspecified atom stereocenters. The number of halogens is 1. The van der Waals surface area contributed by atoms with E-state index in [4.69, 9.17) is 16.3 Å². The maximum atomic E-state index is 12.4. The van der Waals surface area contributed by atoms with Crippen molar-refractivity contribution in [3.05, 3.63) is 63.7 Å². The smallest absolute Gasteiger partial charge is 0.338 e. The van der Waals surface area contributed by atoms with Crippen LogP contribution in [0.5, 0.6) is 0 Å². The van der Waals surface area contributed by atoms with E-state index >= 15 is 0 Å². The molecule has 0 radical (unpaired) electrons. The summed E-state index contributed by atoms with van der Waals surface area (Å²) in [4.78, 5) is 24.1. The molecule has 1 N–H and O–H groups in total. The molecule has 2 aromatic rings. The monoisotopic (exact) mass is 331 g/mol. The molecule has 0 saturated heterocycles. The van der Waals surface area contributed by atoms with Gasteiger partial charge in [-0.1, -0.05) is 23.7 Å². The summed E-state index contributed by atoms with van der Waals surface area (Å²) < 4.78 is 4.92. The van der Waals surface area contributed by atoms with Gasteiger partial charge in [-0.15, -0.1) is 0 Å². The van der Waals surface area contributed by atoms with Gasteiger partial charge in [0.2, 0.25) is 0 Å². The molecule has 5 heteroatoms. The topological polar surface area (TPSA) is 55.4 Å².